The Morgan fingerprint density at radius 3 is 2.40 bits per heavy atom. The topological polar surface area (TPSA) is 67.2 Å². The molecule has 1 aromatic heterocycles. The van der Waals surface area contributed by atoms with E-state index in [1.165, 1.54) is 0 Å². The van der Waals surface area contributed by atoms with Crippen molar-refractivity contribution in [1.82, 2.24) is 14.7 Å². The Bertz CT molecular complexity index is 920. The summed E-state index contributed by atoms with van der Waals surface area (Å²) in [4.78, 5) is 27.4. The van der Waals surface area contributed by atoms with Gasteiger partial charge in [0, 0.05) is 36.2 Å². The van der Waals surface area contributed by atoms with Gasteiger partial charge in [0.2, 0.25) is 5.91 Å². The molecule has 0 unspecified atom stereocenters. The smallest absolute Gasteiger partial charge is 0.273 e. The number of carbonyl (C=O) groups excluding carboxylic acids is 2. The minimum absolute atomic E-state index is 0.154. The normalized spacial score (nSPS) is 17.1. The van der Waals surface area contributed by atoms with Gasteiger partial charge in [-0.05, 0) is 57.4 Å². The molecule has 0 spiro atoms. The number of anilines is 1. The number of benzene rings is 1. The van der Waals surface area contributed by atoms with Crippen LogP contribution in [0.15, 0.2) is 30.3 Å². The number of carbonyl (C=O) groups is 2. The van der Waals surface area contributed by atoms with Crippen molar-refractivity contribution in [3.8, 4) is 0 Å². The summed E-state index contributed by atoms with van der Waals surface area (Å²) in [6.45, 7) is 7.84. The first-order valence-electron chi connectivity index (χ1n) is 10.7. The van der Waals surface area contributed by atoms with Crippen molar-refractivity contribution >= 4 is 29.3 Å². The molecule has 1 saturated heterocycles. The van der Waals surface area contributed by atoms with E-state index in [4.69, 9.17) is 5.10 Å². The van der Waals surface area contributed by atoms with E-state index in [0.717, 1.165) is 54.4 Å². The lowest BCUT2D eigenvalue weighted by Gasteiger charge is -2.26. The summed E-state index contributed by atoms with van der Waals surface area (Å²) in [6, 6.07) is 9.51. The molecule has 2 fully saturated rings. The number of rotatable bonds is 5. The van der Waals surface area contributed by atoms with Crippen molar-refractivity contribution in [3.05, 3.63) is 47.3 Å². The van der Waals surface area contributed by atoms with Crippen molar-refractivity contribution in [2.45, 2.75) is 51.5 Å². The van der Waals surface area contributed by atoms with Crippen molar-refractivity contribution in [2.24, 2.45) is 0 Å². The quantitative estimate of drug-likeness (QED) is 0.788. The van der Waals surface area contributed by atoms with Crippen LogP contribution in [0.2, 0.25) is 0 Å². The highest BCUT2D eigenvalue weighted by Crippen LogP contribution is 2.40. The Labute approximate surface area is 182 Å². The van der Waals surface area contributed by atoms with Crippen LogP contribution in [0.4, 0.5) is 5.69 Å². The minimum Gasteiger partial charge on any atom is -0.341 e. The molecule has 1 aromatic carbocycles. The van der Waals surface area contributed by atoms with Crippen LogP contribution >= 0.6 is 11.8 Å². The zero-order valence-corrected chi connectivity index (χ0v) is 18.8. The first kappa shape index (κ1) is 21.0. The maximum absolute atomic E-state index is 13.0. The van der Waals surface area contributed by atoms with Crippen molar-refractivity contribution in [3.63, 3.8) is 0 Å². The van der Waals surface area contributed by atoms with Gasteiger partial charge in [-0.1, -0.05) is 12.1 Å². The second-order valence-electron chi connectivity index (χ2n) is 9.13. The fourth-order valence-corrected chi connectivity index (χ4v) is 4.55. The maximum atomic E-state index is 13.0. The zero-order valence-electron chi connectivity index (χ0n) is 18.0. The maximum Gasteiger partial charge on any atom is 0.273 e. The molecule has 1 saturated carbocycles. The summed E-state index contributed by atoms with van der Waals surface area (Å²) >= 11 is 1.90. The fraction of sp³-hybridized carbons (Fsp3) is 0.522. The van der Waals surface area contributed by atoms with E-state index in [-0.39, 0.29) is 17.4 Å². The molecule has 1 N–H and O–H groups in total. The van der Waals surface area contributed by atoms with Gasteiger partial charge in [0.25, 0.3) is 5.91 Å². The van der Waals surface area contributed by atoms with Gasteiger partial charge < -0.3 is 10.2 Å². The Morgan fingerprint density at radius 2 is 1.80 bits per heavy atom. The number of amides is 2. The molecule has 1 aliphatic heterocycles. The van der Waals surface area contributed by atoms with E-state index in [1.54, 1.807) is 0 Å². The third-order valence-electron chi connectivity index (χ3n) is 5.52. The van der Waals surface area contributed by atoms with Crippen LogP contribution in [-0.2, 0) is 16.8 Å². The lowest BCUT2D eigenvalue weighted by Crippen LogP contribution is -2.38. The van der Waals surface area contributed by atoms with Gasteiger partial charge >= 0.3 is 0 Å². The van der Waals surface area contributed by atoms with E-state index < -0.39 is 0 Å². The highest BCUT2D eigenvalue weighted by atomic mass is 32.2. The van der Waals surface area contributed by atoms with Gasteiger partial charge in [0.15, 0.2) is 0 Å². The van der Waals surface area contributed by atoms with Crippen LogP contribution in [-0.4, -0.2) is 51.1 Å². The molecule has 0 atom stereocenters. The predicted molar refractivity (Wildman–Crippen MR) is 121 cm³/mol. The molecule has 2 aromatic rings. The summed E-state index contributed by atoms with van der Waals surface area (Å²) in [6.07, 6.45) is 2.71. The summed E-state index contributed by atoms with van der Waals surface area (Å²) in [5, 5.41) is 7.70. The molecule has 2 aliphatic rings. The summed E-state index contributed by atoms with van der Waals surface area (Å²) in [5.74, 6) is 2.55. The lowest BCUT2D eigenvalue weighted by molar-refractivity contribution is -0.130. The largest absolute Gasteiger partial charge is 0.341 e. The van der Waals surface area contributed by atoms with Gasteiger partial charge in [0.1, 0.15) is 5.69 Å². The van der Waals surface area contributed by atoms with Crippen molar-refractivity contribution in [1.29, 1.82) is 0 Å². The molecule has 6 nitrogen and oxygen atoms in total. The average molecular weight is 427 g/mol. The van der Waals surface area contributed by atoms with Crippen LogP contribution in [0.3, 0.4) is 0 Å². The second-order valence-corrected chi connectivity index (χ2v) is 10.4. The number of aromatic nitrogens is 2. The van der Waals surface area contributed by atoms with Gasteiger partial charge in [-0.2, -0.15) is 16.9 Å². The Kier molecular flexibility index (Phi) is 5.91. The van der Waals surface area contributed by atoms with Crippen LogP contribution in [0, 0.1) is 0 Å². The molecule has 0 radical (unpaired) electrons. The van der Waals surface area contributed by atoms with Crippen molar-refractivity contribution in [2.75, 3.05) is 29.9 Å². The Balaban J connectivity index is 1.42. The van der Waals surface area contributed by atoms with Gasteiger partial charge in [0.05, 0.1) is 17.7 Å². The summed E-state index contributed by atoms with van der Waals surface area (Å²) in [7, 11) is 0. The average Bonchev–Trinajstić information content (AvgIpc) is 3.46. The standard InChI is InChI=1S/C23H30N4O2S/c1-23(2,3)27-20(15-19(25-27)17-6-7-17)22(29)24-18-8-4-16(5-9-18)14-21(28)26-10-12-30-13-11-26/h4-5,8-9,15,17H,6-7,10-14H2,1-3H3,(H,24,29). The molecule has 7 heteroatoms. The fourth-order valence-electron chi connectivity index (χ4n) is 3.65. The summed E-state index contributed by atoms with van der Waals surface area (Å²) < 4.78 is 1.83. The Hall–Kier alpha value is -2.28. The van der Waals surface area contributed by atoms with Crippen LogP contribution < -0.4 is 5.32 Å². The Morgan fingerprint density at radius 1 is 1.13 bits per heavy atom. The lowest BCUT2D eigenvalue weighted by atomic mass is 10.1. The number of nitrogens with zero attached hydrogens (tertiary/aromatic N) is 3. The SMILES string of the molecule is CC(C)(C)n1nc(C2CC2)cc1C(=O)Nc1ccc(CC(=O)N2CCSCC2)cc1. The number of hydrogen-bond donors (Lipinski definition) is 1. The van der Waals surface area contributed by atoms with E-state index in [2.05, 4.69) is 26.1 Å². The molecular weight excluding hydrogens is 396 g/mol. The first-order chi connectivity index (χ1) is 14.3. The molecule has 160 valence electrons. The van der Waals surface area contributed by atoms with E-state index >= 15 is 0 Å². The third-order valence-corrected chi connectivity index (χ3v) is 6.47. The first-order valence-corrected chi connectivity index (χ1v) is 11.8. The monoisotopic (exact) mass is 426 g/mol. The van der Waals surface area contributed by atoms with Crippen molar-refractivity contribution < 1.29 is 9.59 Å². The van der Waals surface area contributed by atoms with Crippen LogP contribution in [0.5, 0.6) is 0 Å². The molecule has 0 bridgehead atoms. The van der Waals surface area contributed by atoms with E-state index in [0.29, 0.717) is 18.0 Å². The summed E-state index contributed by atoms with van der Waals surface area (Å²) in [5.41, 5.74) is 3.02. The van der Waals surface area contributed by atoms with E-state index in [1.807, 2.05) is 51.7 Å². The predicted octanol–water partition coefficient (Wildman–Crippen LogP) is 3.89. The molecular formula is C23H30N4O2S. The number of nitrogens with one attached hydrogen (secondary N) is 1. The zero-order chi connectivity index (χ0) is 21.3. The molecule has 30 heavy (non-hydrogen) atoms. The minimum atomic E-state index is -0.267. The highest BCUT2D eigenvalue weighted by molar-refractivity contribution is 7.99. The van der Waals surface area contributed by atoms with Crippen LogP contribution in [0.1, 0.15) is 61.3 Å². The molecule has 1 aliphatic carbocycles. The van der Waals surface area contributed by atoms with E-state index in [9.17, 15) is 9.59 Å². The van der Waals surface area contributed by atoms with Gasteiger partial charge in [-0.3, -0.25) is 14.3 Å². The highest BCUT2D eigenvalue weighted by Gasteiger charge is 2.31. The number of hydrogen-bond acceptors (Lipinski definition) is 4. The molecule has 4 rings (SSSR count). The second kappa shape index (κ2) is 8.46. The third kappa shape index (κ3) is 4.89. The van der Waals surface area contributed by atoms with Crippen LogP contribution in [0.25, 0.3) is 0 Å². The van der Waals surface area contributed by atoms with Gasteiger partial charge in [-0.15, -0.1) is 0 Å². The number of thioether (sulfide) groups is 1. The van der Waals surface area contributed by atoms with Gasteiger partial charge in [-0.25, -0.2) is 0 Å². The molecule has 2 amide bonds. The molecule has 2 heterocycles.